The minimum Gasteiger partial charge on any atom is -0.506 e. The van der Waals surface area contributed by atoms with Crippen molar-refractivity contribution in [3.63, 3.8) is 0 Å². The number of nitrogens with one attached hydrogen (secondary N) is 1. The van der Waals surface area contributed by atoms with Crippen LogP contribution in [-0.2, 0) is 10.2 Å². The van der Waals surface area contributed by atoms with Gasteiger partial charge in [-0.3, -0.25) is 4.72 Å². The summed E-state index contributed by atoms with van der Waals surface area (Å²) in [7, 11) is -3.53. The lowest BCUT2D eigenvalue weighted by Gasteiger charge is -2.17. The SMILES string of the molecule is Cc1ccc(O)c(NS(=O)(=O)N2CCCC2)c1. The smallest absolute Gasteiger partial charge is 0.301 e. The van der Waals surface area contributed by atoms with Gasteiger partial charge in [0.25, 0.3) is 0 Å². The monoisotopic (exact) mass is 256 g/mol. The van der Waals surface area contributed by atoms with Crippen LogP contribution in [0.5, 0.6) is 5.75 Å². The molecule has 0 unspecified atom stereocenters. The molecule has 2 N–H and O–H groups in total. The van der Waals surface area contributed by atoms with Crippen LogP contribution < -0.4 is 4.72 Å². The van der Waals surface area contributed by atoms with Crippen molar-refractivity contribution < 1.29 is 13.5 Å². The quantitative estimate of drug-likeness (QED) is 0.804. The molecule has 1 saturated heterocycles. The lowest BCUT2D eigenvalue weighted by molar-refractivity contribution is 0.472. The molecule has 6 heteroatoms. The van der Waals surface area contributed by atoms with Crippen LogP contribution in [0.25, 0.3) is 0 Å². The number of hydrogen-bond acceptors (Lipinski definition) is 3. The highest BCUT2D eigenvalue weighted by Gasteiger charge is 2.25. The highest BCUT2D eigenvalue weighted by Crippen LogP contribution is 2.26. The highest BCUT2D eigenvalue weighted by molar-refractivity contribution is 7.90. The summed E-state index contributed by atoms with van der Waals surface area (Å²) in [5, 5.41) is 9.60. The van der Waals surface area contributed by atoms with E-state index < -0.39 is 10.2 Å². The molecule has 0 aromatic heterocycles. The van der Waals surface area contributed by atoms with Gasteiger partial charge in [0.05, 0.1) is 5.69 Å². The van der Waals surface area contributed by atoms with Gasteiger partial charge in [-0.15, -0.1) is 0 Å². The minimum atomic E-state index is -3.53. The van der Waals surface area contributed by atoms with E-state index >= 15 is 0 Å². The molecule has 17 heavy (non-hydrogen) atoms. The van der Waals surface area contributed by atoms with Crippen LogP contribution in [0, 0.1) is 6.92 Å². The molecule has 1 aromatic rings. The lowest BCUT2D eigenvalue weighted by Crippen LogP contribution is -2.33. The van der Waals surface area contributed by atoms with E-state index in [1.165, 1.54) is 10.4 Å². The number of phenols is 1. The van der Waals surface area contributed by atoms with Crippen molar-refractivity contribution >= 4 is 15.9 Å². The van der Waals surface area contributed by atoms with Gasteiger partial charge in [-0.1, -0.05) is 6.07 Å². The predicted octanol–water partition coefficient (Wildman–Crippen LogP) is 1.45. The van der Waals surface area contributed by atoms with Gasteiger partial charge < -0.3 is 5.11 Å². The van der Waals surface area contributed by atoms with Crippen LogP contribution in [0.4, 0.5) is 5.69 Å². The van der Waals surface area contributed by atoms with E-state index in [-0.39, 0.29) is 11.4 Å². The van der Waals surface area contributed by atoms with Gasteiger partial charge in [0.2, 0.25) is 0 Å². The molecule has 1 fully saturated rings. The van der Waals surface area contributed by atoms with Crippen molar-refractivity contribution in [3.8, 4) is 5.75 Å². The molecule has 2 rings (SSSR count). The van der Waals surface area contributed by atoms with E-state index in [4.69, 9.17) is 0 Å². The molecule has 0 atom stereocenters. The van der Waals surface area contributed by atoms with Gasteiger partial charge >= 0.3 is 10.2 Å². The second-order valence-corrected chi connectivity index (χ2v) is 5.90. The Morgan fingerprint density at radius 3 is 2.59 bits per heavy atom. The van der Waals surface area contributed by atoms with E-state index in [0.29, 0.717) is 13.1 Å². The van der Waals surface area contributed by atoms with E-state index in [9.17, 15) is 13.5 Å². The molecular formula is C11H16N2O3S. The summed E-state index contributed by atoms with van der Waals surface area (Å²) in [5.74, 6) is -0.0571. The molecule has 0 spiro atoms. The second-order valence-electron chi connectivity index (χ2n) is 4.23. The van der Waals surface area contributed by atoms with Crippen molar-refractivity contribution in [2.24, 2.45) is 0 Å². The fraction of sp³-hybridized carbons (Fsp3) is 0.455. The molecule has 1 aromatic carbocycles. The van der Waals surface area contributed by atoms with E-state index in [0.717, 1.165) is 18.4 Å². The van der Waals surface area contributed by atoms with Gasteiger partial charge in [-0.05, 0) is 37.5 Å². The second kappa shape index (κ2) is 4.54. The predicted molar refractivity (Wildman–Crippen MR) is 66.2 cm³/mol. The number of anilines is 1. The Balaban J connectivity index is 2.22. The first-order valence-electron chi connectivity index (χ1n) is 5.56. The summed E-state index contributed by atoms with van der Waals surface area (Å²) >= 11 is 0. The Bertz CT molecular complexity index is 507. The van der Waals surface area contributed by atoms with Gasteiger partial charge in [-0.2, -0.15) is 12.7 Å². The first-order valence-corrected chi connectivity index (χ1v) is 7.00. The van der Waals surface area contributed by atoms with Crippen molar-refractivity contribution in [3.05, 3.63) is 23.8 Å². The highest BCUT2D eigenvalue weighted by atomic mass is 32.2. The van der Waals surface area contributed by atoms with E-state index in [1.54, 1.807) is 12.1 Å². The van der Waals surface area contributed by atoms with E-state index in [1.807, 2.05) is 6.92 Å². The Morgan fingerprint density at radius 2 is 1.94 bits per heavy atom. The molecule has 0 aliphatic carbocycles. The number of hydrogen-bond donors (Lipinski definition) is 2. The molecule has 0 amide bonds. The van der Waals surface area contributed by atoms with Crippen molar-refractivity contribution in [1.82, 2.24) is 4.31 Å². The van der Waals surface area contributed by atoms with Crippen LogP contribution in [0.2, 0.25) is 0 Å². The number of phenolic OH excluding ortho intramolecular Hbond substituents is 1. The van der Waals surface area contributed by atoms with Gasteiger partial charge in [0, 0.05) is 13.1 Å². The van der Waals surface area contributed by atoms with Gasteiger partial charge in [0.1, 0.15) is 5.75 Å². The zero-order chi connectivity index (χ0) is 12.5. The van der Waals surface area contributed by atoms with Crippen molar-refractivity contribution in [2.45, 2.75) is 19.8 Å². The fourth-order valence-corrected chi connectivity index (χ4v) is 3.17. The first-order chi connectivity index (χ1) is 7.99. The van der Waals surface area contributed by atoms with Gasteiger partial charge in [-0.25, -0.2) is 0 Å². The molecule has 1 aliphatic heterocycles. The first kappa shape index (κ1) is 12.2. The number of aryl methyl sites for hydroxylation is 1. The maximum absolute atomic E-state index is 12.0. The maximum Gasteiger partial charge on any atom is 0.301 e. The van der Waals surface area contributed by atoms with Gasteiger partial charge in [0.15, 0.2) is 0 Å². The summed E-state index contributed by atoms with van der Waals surface area (Å²) < 4.78 is 27.8. The average molecular weight is 256 g/mol. The fourth-order valence-electron chi connectivity index (χ4n) is 1.86. The minimum absolute atomic E-state index is 0.0571. The molecule has 0 radical (unpaired) electrons. The van der Waals surface area contributed by atoms with Crippen LogP contribution in [0.1, 0.15) is 18.4 Å². The Hall–Kier alpha value is -1.27. The standard InChI is InChI=1S/C11H16N2O3S/c1-9-4-5-11(14)10(8-9)12-17(15,16)13-6-2-3-7-13/h4-5,8,12,14H,2-3,6-7H2,1H3. The summed E-state index contributed by atoms with van der Waals surface area (Å²) in [6.45, 7) is 2.93. The number of aromatic hydroxyl groups is 1. The Labute approximate surface area is 101 Å². The van der Waals surface area contributed by atoms with Crippen LogP contribution in [0.3, 0.4) is 0 Å². The average Bonchev–Trinajstić information content (AvgIpc) is 2.77. The number of rotatable bonds is 3. The Morgan fingerprint density at radius 1 is 1.29 bits per heavy atom. The molecule has 0 saturated carbocycles. The molecular weight excluding hydrogens is 240 g/mol. The zero-order valence-corrected chi connectivity index (χ0v) is 10.5. The summed E-state index contributed by atoms with van der Waals surface area (Å²) in [5.41, 5.74) is 1.12. The normalized spacial score (nSPS) is 17.2. The topological polar surface area (TPSA) is 69.6 Å². The molecule has 1 heterocycles. The Kier molecular flexibility index (Phi) is 3.26. The van der Waals surface area contributed by atoms with Crippen LogP contribution in [0.15, 0.2) is 18.2 Å². The van der Waals surface area contributed by atoms with Crippen LogP contribution >= 0.6 is 0 Å². The van der Waals surface area contributed by atoms with Crippen molar-refractivity contribution in [1.29, 1.82) is 0 Å². The van der Waals surface area contributed by atoms with Crippen LogP contribution in [-0.4, -0.2) is 30.9 Å². The molecule has 5 nitrogen and oxygen atoms in total. The summed E-state index contributed by atoms with van der Waals surface area (Å²) in [6.07, 6.45) is 1.78. The number of benzene rings is 1. The lowest BCUT2D eigenvalue weighted by atomic mass is 10.2. The largest absolute Gasteiger partial charge is 0.506 e. The third kappa shape index (κ3) is 2.70. The molecule has 0 bridgehead atoms. The number of nitrogens with zero attached hydrogens (tertiary/aromatic N) is 1. The van der Waals surface area contributed by atoms with Crippen molar-refractivity contribution in [2.75, 3.05) is 17.8 Å². The van der Waals surface area contributed by atoms with E-state index in [2.05, 4.69) is 4.72 Å². The maximum atomic E-state index is 12.0. The third-order valence-electron chi connectivity index (χ3n) is 2.80. The molecule has 94 valence electrons. The third-order valence-corrected chi connectivity index (χ3v) is 4.32. The summed E-state index contributed by atoms with van der Waals surface area (Å²) in [6, 6.07) is 4.82. The summed E-state index contributed by atoms with van der Waals surface area (Å²) in [4.78, 5) is 0. The zero-order valence-electron chi connectivity index (χ0n) is 9.68. The molecule has 1 aliphatic rings.